The number of halogens is 3. The van der Waals surface area contributed by atoms with E-state index in [4.69, 9.17) is 4.74 Å². The maximum atomic E-state index is 12.7. The molecule has 0 aliphatic carbocycles. The van der Waals surface area contributed by atoms with Gasteiger partial charge >= 0.3 is 6.18 Å². The molecule has 1 unspecified atom stereocenters. The van der Waals surface area contributed by atoms with Crippen LogP contribution in [0.25, 0.3) is 6.08 Å². The first-order valence-electron chi connectivity index (χ1n) is 6.75. The average molecular weight is 310 g/mol. The number of benzene rings is 1. The van der Waals surface area contributed by atoms with Crippen molar-refractivity contribution < 1.29 is 17.9 Å². The van der Waals surface area contributed by atoms with Gasteiger partial charge in [-0.2, -0.15) is 18.3 Å². The Morgan fingerprint density at radius 2 is 2.00 bits per heavy atom. The number of aryl methyl sites for hydroxylation is 1. The Labute approximate surface area is 127 Å². The minimum absolute atomic E-state index is 0.160. The normalized spacial score (nSPS) is 13.5. The van der Waals surface area contributed by atoms with Gasteiger partial charge in [0, 0.05) is 12.3 Å². The highest BCUT2D eigenvalue weighted by atomic mass is 19.4. The summed E-state index contributed by atoms with van der Waals surface area (Å²) in [4.78, 5) is 0. The number of rotatable bonds is 4. The van der Waals surface area contributed by atoms with Crippen LogP contribution in [0.15, 0.2) is 36.7 Å². The monoisotopic (exact) mass is 310 g/mol. The van der Waals surface area contributed by atoms with E-state index in [9.17, 15) is 13.2 Å². The second-order valence-electron chi connectivity index (χ2n) is 5.00. The van der Waals surface area contributed by atoms with Gasteiger partial charge in [0.2, 0.25) is 0 Å². The van der Waals surface area contributed by atoms with Crippen molar-refractivity contribution in [1.29, 1.82) is 0 Å². The lowest BCUT2D eigenvalue weighted by atomic mass is 10.00. The van der Waals surface area contributed by atoms with Crippen molar-refractivity contribution in [3.63, 3.8) is 0 Å². The number of hydrogen-bond donors (Lipinski definition) is 0. The van der Waals surface area contributed by atoms with Crippen LogP contribution in [-0.4, -0.2) is 16.9 Å². The molecule has 118 valence electrons. The molecule has 3 nitrogen and oxygen atoms in total. The Kier molecular flexibility index (Phi) is 4.59. The topological polar surface area (TPSA) is 27.1 Å². The lowest BCUT2D eigenvalue weighted by Gasteiger charge is -2.17. The zero-order chi connectivity index (χ0) is 16.3. The first-order chi connectivity index (χ1) is 10.3. The minimum Gasteiger partial charge on any atom is -0.504 e. The van der Waals surface area contributed by atoms with E-state index in [2.05, 4.69) is 5.10 Å². The summed E-state index contributed by atoms with van der Waals surface area (Å²) in [6.07, 6.45) is 0.691. The van der Waals surface area contributed by atoms with E-state index in [-0.39, 0.29) is 6.04 Å². The Hall–Kier alpha value is -2.24. The second kappa shape index (κ2) is 6.25. The fourth-order valence-corrected chi connectivity index (χ4v) is 2.26. The lowest BCUT2D eigenvalue weighted by Crippen LogP contribution is -2.11. The van der Waals surface area contributed by atoms with Crippen molar-refractivity contribution in [2.75, 3.05) is 7.11 Å². The number of hydrogen-bond acceptors (Lipinski definition) is 2. The molecule has 0 N–H and O–H groups in total. The molecule has 0 fully saturated rings. The van der Waals surface area contributed by atoms with Crippen LogP contribution in [0, 0.1) is 6.92 Å². The van der Waals surface area contributed by atoms with Gasteiger partial charge in [0.05, 0.1) is 30.7 Å². The largest absolute Gasteiger partial charge is 0.504 e. The average Bonchev–Trinajstić information content (AvgIpc) is 2.92. The van der Waals surface area contributed by atoms with Crippen LogP contribution >= 0.6 is 0 Å². The van der Waals surface area contributed by atoms with Crippen LogP contribution in [0.1, 0.15) is 35.3 Å². The molecular formula is C16H17F3N2O. The van der Waals surface area contributed by atoms with Crippen molar-refractivity contribution in [3.8, 4) is 0 Å². The van der Waals surface area contributed by atoms with Crippen molar-refractivity contribution >= 4 is 6.08 Å². The van der Waals surface area contributed by atoms with E-state index in [1.54, 1.807) is 31.0 Å². The number of ether oxygens (including phenoxy) is 1. The fraction of sp³-hybridized carbons (Fsp3) is 0.312. The number of alkyl halides is 3. The molecular weight excluding hydrogens is 293 g/mol. The number of aromatic nitrogens is 2. The highest BCUT2D eigenvalue weighted by molar-refractivity contribution is 5.42. The van der Waals surface area contributed by atoms with Gasteiger partial charge in [-0.05, 0) is 43.2 Å². The van der Waals surface area contributed by atoms with E-state index in [1.807, 2.05) is 13.0 Å². The summed E-state index contributed by atoms with van der Waals surface area (Å²) >= 11 is 0. The highest BCUT2D eigenvalue weighted by Crippen LogP contribution is 2.32. The molecule has 2 aromatic rings. The van der Waals surface area contributed by atoms with Crippen LogP contribution in [0.3, 0.4) is 0 Å². The van der Waals surface area contributed by atoms with Crippen LogP contribution in [0.4, 0.5) is 13.2 Å². The molecule has 1 aromatic heterocycles. The Morgan fingerprint density at radius 1 is 1.27 bits per heavy atom. The zero-order valence-electron chi connectivity index (χ0n) is 12.6. The summed E-state index contributed by atoms with van der Waals surface area (Å²) in [6.45, 7) is 3.57. The first-order valence-corrected chi connectivity index (χ1v) is 6.75. The third kappa shape index (κ3) is 3.50. The molecule has 1 aromatic carbocycles. The molecule has 0 bridgehead atoms. The molecule has 2 rings (SSSR count). The van der Waals surface area contributed by atoms with Crippen LogP contribution in [0.5, 0.6) is 0 Å². The standard InChI is InChI=1S/C16H17F3N2O/c1-11-10-13(16(17,18)19)4-5-15(11)12(2)21-8-6-14(20-21)7-9-22-3/h4-10,12H,1-3H3. The van der Waals surface area contributed by atoms with Crippen molar-refractivity contribution in [2.24, 2.45) is 0 Å². The van der Waals surface area contributed by atoms with E-state index in [0.29, 0.717) is 5.56 Å². The number of methoxy groups -OCH3 is 1. The SMILES string of the molecule is COC=Cc1ccn(C(C)c2ccc(C(F)(F)F)cc2C)n1. The summed E-state index contributed by atoms with van der Waals surface area (Å²) in [5, 5.41) is 4.36. The van der Waals surface area contributed by atoms with E-state index in [0.717, 1.165) is 17.3 Å². The van der Waals surface area contributed by atoms with Crippen LogP contribution in [-0.2, 0) is 10.9 Å². The second-order valence-corrected chi connectivity index (χ2v) is 5.00. The predicted molar refractivity (Wildman–Crippen MR) is 78.3 cm³/mol. The maximum absolute atomic E-state index is 12.7. The van der Waals surface area contributed by atoms with E-state index in [1.165, 1.54) is 18.4 Å². The molecule has 0 amide bonds. The van der Waals surface area contributed by atoms with Gasteiger partial charge in [0.25, 0.3) is 0 Å². The first kappa shape index (κ1) is 16.1. The Balaban J connectivity index is 2.27. The van der Waals surface area contributed by atoms with Gasteiger partial charge in [-0.3, -0.25) is 4.68 Å². The summed E-state index contributed by atoms with van der Waals surface area (Å²) in [5.41, 5.74) is 1.48. The summed E-state index contributed by atoms with van der Waals surface area (Å²) < 4.78 is 44.7. The van der Waals surface area contributed by atoms with Crippen molar-refractivity contribution in [3.05, 3.63) is 59.1 Å². The van der Waals surface area contributed by atoms with Gasteiger partial charge < -0.3 is 4.74 Å². The summed E-state index contributed by atoms with van der Waals surface area (Å²) in [6, 6.07) is 5.43. The molecule has 0 aliphatic heterocycles. The summed E-state index contributed by atoms with van der Waals surface area (Å²) in [7, 11) is 1.54. The quantitative estimate of drug-likeness (QED) is 0.781. The molecule has 6 heteroatoms. The lowest BCUT2D eigenvalue weighted by molar-refractivity contribution is -0.137. The molecule has 0 aliphatic rings. The molecule has 22 heavy (non-hydrogen) atoms. The number of nitrogens with zero attached hydrogens (tertiary/aromatic N) is 2. The zero-order valence-corrected chi connectivity index (χ0v) is 12.6. The van der Waals surface area contributed by atoms with Crippen molar-refractivity contribution in [1.82, 2.24) is 9.78 Å². The minimum atomic E-state index is -4.32. The highest BCUT2D eigenvalue weighted by Gasteiger charge is 2.31. The molecule has 0 saturated heterocycles. The Morgan fingerprint density at radius 3 is 2.59 bits per heavy atom. The summed E-state index contributed by atoms with van der Waals surface area (Å²) in [5.74, 6) is 0. The van der Waals surface area contributed by atoms with E-state index >= 15 is 0 Å². The smallest absolute Gasteiger partial charge is 0.416 e. The molecule has 1 heterocycles. The molecule has 0 radical (unpaired) electrons. The van der Waals surface area contributed by atoms with Crippen LogP contribution < -0.4 is 0 Å². The molecule has 1 atom stereocenters. The van der Waals surface area contributed by atoms with E-state index < -0.39 is 11.7 Å². The third-order valence-electron chi connectivity index (χ3n) is 3.45. The maximum Gasteiger partial charge on any atom is 0.416 e. The van der Waals surface area contributed by atoms with Crippen LogP contribution in [0.2, 0.25) is 0 Å². The van der Waals surface area contributed by atoms with Gasteiger partial charge in [0.1, 0.15) is 0 Å². The fourth-order valence-electron chi connectivity index (χ4n) is 2.26. The molecule has 0 spiro atoms. The Bertz CT molecular complexity index is 674. The van der Waals surface area contributed by atoms with Gasteiger partial charge in [-0.15, -0.1) is 0 Å². The van der Waals surface area contributed by atoms with Gasteiger partial charge in [0.15, 0.2) is 0 Å². The van der Waals surface area contributed by atoms with Crippen molar-refractivity contribution in [2.45, 2.75) is 26.1 Å². The molecule has 0 saturated carbocycles. The van der Waals surface area contributed by atoms with Gasteiger partial charge in [-0.1, -0.05) is 6.07 Å². The predicted octanol–water partition coefficient (Wildman–Crippen LogP) is 4.44. The third-order valence-corrected chi connectivity index (χ3v) is 3.45. The van der Waals surface area contributed by atoms with Gasteiger partial charge in [-0.25, -0.2) is 0 Å².